The number of urea groups is 1. The van der Waals surface area contributed by atoms with Crippen LogP contribution in [0.25, 0.3) is 6.08 Å². The Morgan fingerprint density at radius 3 is 2.35 bits per heavy atom. The number of hydrogen-bond donors (Lipinski definition) is 1. The summed E-state index contributed by atoms with van der Waals surface area (Å²) in [5.41, 5.74) is 2.96. The van der Waals surface area contributed by atoms with E-state index in [1.54, 1.807) is 6.08 Å². The van der Waals surface area contributed by atoms with Crippen LogP contribution < -0.4 is 5.32 Å². The second-order valence-corrected chi connectivity index (χ2v) is 7.57. The number of hydrogen-bond acceptors (Lipinski definition) is 3. The number of rotatable bonds is 3. The molecule has 2 fully saturated rings. The molecule has 0 aromatic carbocycles. The molecule has 1 aromatic rings. The molecule has 3 rings (SSSR count). The highest BCUT2D eigenvalue weighted by Gasteiger charge is 2.40. The van der Waals surface area contributed by atoms with Crippen LogP contribution >= 0.6 is 0 Å². The maximum atomic E-state index is 13.0. The first-order valence-corrected chi connectivity index (χ1v) is 9.40. The van der Waals surface area contributed by atoms with Gasteiger partial charge in [-0.3, -0.25) is 19.8 Å². The smallest absolute Gasteiger partial charge is 0.331 e. The molecule has 0 spiro atoms. The lowest BCUT2D eigenvalue weighted by Gasteiger charge is -2.35. The first-order chi connectivity index (χ1) is 12.3. The van der Waals surface area contributed by atoms with Gasteiger partial charge in [0.2, 0.25) is 0 Å². The van der Waals surface area contributed by atoms with Gasteiger partial charge >= 0.3 is 6.03 Å². The standard InChI is InChI=1S/C20H27N3O3/c1-12(2)22-13(3)10-15(14(22)4)11-17-18(24)21-20(26)23(19(17)25)16-8-6-5-7-9-16/h10-12,16H,5-9H2,1-4H3,(H,21,24,26)/b17-11+. The SMILES string of the molecule is Cc1cc(/C=C2\C(=O)NC(=O)N(C3CCCCC3)C2=O)c(C)n1C(C)C. The number of nitrogens with one attached hydrogen (secondary N) is 1. The minimum Gasteiger partial charge on any atom is -0.346 e. The van der Waals surface area contributed by atoms with Crippen molar-refractivity contribution in [3.63, 3.8) is 0 Å². The summed E-state index contributed by atoms with van der Waals surface area (Å²) in [6.07, 6.45) is 6.38. The Bertz CT molecular complexity index is 782. The third-order valence-electron chi connectivity index (χ3n) is 5.41. The number of nitrogens with zero attached hydrogens (tertiary/aromatic N) is 2. The zero-order chi connectivity index (χ0) is 19.0. The van der Waals surface area contributed by atoms with Crippen molar-refractivity contribution in [3.05, 3.63) is 28.6 Å². The van der Waals surface area contributed by atoms with Crippen LogP contribution in [-0.4, -0.2) is 33.4 Å². The molecule has 1 saturated carbocycles. The summed E-state index contributed by atoms with van der Waals surface area (Å²) in [5, 5.41) is 2.34. The summed E-state index contributed by atoms with van der Waals surface area (Å²) in [5.74, 6) is -1.08. The zero-order valence-electron chi connectivity index (χ0n) is 16.0. The second kappa shape index (κ2) is 7.09. The Balaban J connectivity index is 1.97. The van der Waals surface area contributed by atoms with Crippen molar-refractivity contribution < 1.29 is 14.4 Å². The number of aryl methyl sites for hydroxylation is 1. The summed E-state index contributed by atoms with van der Waals surface area (Å²) < 4.78 is 2.17. The number of aromatic nitrogens is 1. The number of carbonyl (C=O) groups is 3. The molecule has 0 bridgehead atoms. The van der Waals surface area contributed by atoms with Crippen LogP contribution in [0.3, 0.4) is 0 Å². The molecule has 0 atom stereocenters. The number of amides is 4. The van der Waals surface area contributed by atoms with Gasteiger partial charge in [0.25, 0.3) is 11.8 Å². The number of barbiturate groups is 1. The van der Waals surface area contributed by atoms with Gasteiger partial charge in [-0.15, -0.1) is 0 Å². The van der Waals surface area contributed by atoms with Crippen molar-refractivity contribution in [3.8, 4) is 0 Å². The van der Waals surface area contributed by atoms with E-state index in [0.717, 1.165) is 49.1 Å². The van der Waals surface area contributed by atoms with Crippen molar-refractivity contribution >= 4 is 23.9 Å². The molecule has 1 aliphatic carbocycles. The van der Waals surface area contributed by atoms with Crippen LogP contribution in [0.2, 0.25) is 0 Å². The summed E-state index contributed by atoms with van der Waals surface area (Å²) in [4.78, 5) is 38.8. The Morgan fingerprint density at radius 1 is 1.12 bits per heavy atom. The van der Waals surface area contributed by atoms with Gasteiger partial charge in [-0.1, -0.05) is 19.3 Å². The van der Waals surface area contributed by atoms with E-state index in [4.69, 9.17) is 0 Å². The van der Waals surface area contributed by atoms with Crippen molar-refractivity contribution in [2.45, 2.75) is 71.9 Å². The summed E-state index contributed by atoms with van der Waals surface area (Å²) >= 11 is 0. The van der Waals surface area contributed by atoms with E-state index in [-0.39, 0.29) is 11.6 Å². The molecule has 1 aromatic heterocycles. The Hall–Kier alpha value is -2.37. The minimum atomic E-state index is -0.610. The van der Waals surface area contributed by atoms with Gasteiger partial charge in [0.1, 0.15) is 5.57 Å². The molecule has 0 radical (unpaired) electrons. The molecule has 140 valence electrons. The molecular weight excluding hydrogens is 330 g/mol. The van der Waals surface area contributed by atoms with Crippen molar-refractivity contribution in [1.82, 2.24) is 14.8 Å². The van der Waals surface area contributed by atoms with E-state index < -0.39 is 17.8 Å². The molecule has 4 amide bonds. The predicted octanol–water partition coefficient (Wildman–Crippen LogP) is 3.48. The van der Waals surface area contributed by atoms with Crippen LogP contribution in [0.1, 0.15) is 68.9 Å². The Kier molecular flexibility index (Phi) is 5.03. The van der Waals surface area contributed by atoms with Gasteiger partial charge in [0, 0.05) is 23.5 Å². The minimum absolute atomic E-state index is 0.0409. The first-order valence-electron chi connectivity index (χ1n) is 9.40. The topological polar surface area (TPSA) is 71.4 Å². The zero-order valence-corrected chi connectivity index (χ0v) is 16.0. The van der Waals surface area contributed by atoms with E-state index in [1.807, 2.05) is 19.9 Å². The third kappa shape index (κ3) is 3.20. The van der Waals surface area contributed by atoms with Crippen molar-refractivity contribution in [2.75, 3.05) is 0 Å². The van der Waals surface area contributed by atoms with Crippen LogP contribution in [0.15, 0.2) is 11.6 Å². The lowest BCUT2D eigenvalue weighted by atomic mass is 9.93. The van der Waals surface area contributed by atoms with Gasteiger partial charge in [-0.05, 0) is 58.2 Å². The summed E-state index contributed by atoms with van der Waals surface area (Å²) in [6, 6.07) is 1.57. The highest BCUT2D eigenvalue weighted by Crippen LogP contribution is 2.28. The predicted molar refractivity (Wildman–Crippen MR) is 99.5 cm³/mol. The monoisotopic (exact) mass is 357 g/mol. The molecule has 6 heteroatoms. The molecule has 0 unspecified atom stereocenters. The average Bonchev–Trinajstić information content (AvgIpc) is 2.86. The van der Waals surface area contributed by atoms with Crippen LogP contribution in [0, 0.1) is 13.8 Å². The fraction of sp³-hybridized carbons (Fsp3) is 0.550. The van der Waals surface area contributed by atoms with Gasteiger partial charge in [-0.2, -0.15) is 0 Å². The molecule has 1 saturated heterocycles. The lowest BCUT2D eigenvalue weighted by molar-refractivity contribution is -0.132. The largest absolute Gasteiger partial charge is 0.346 e. The molecule has 2 aliphatic rings. The second-order valence-electron chi connectivity index (χ2n) is 7.57. The van der Waals surface area contributed by atoms with E-state index in [2.05, 4.69) is 23.7 Å². The van der Waals surface area contributed by atoms with Gasteiger partial charge in [0.05, 0.1) is 0 Å². The molecule has 1 aliphatic heterocycles. The van der Waals surface area contributed by atoms with Crippen molar-refractivity contribution in [2.24, 2.45) is 0 Å². The number of imide groups is 2. The normalized spacial score (nSPS) is 21.0. The molecule has 6 nitrogen and oxygen atoms in total. The fourth-order valence-corrected chi connectivity index (χ4v) is 4.24. The molecule has 26 heavy (non-hydrogen) atoms. The number of carbonyl (C=O) groups excluding carboxylic acids is 3. The van der Waals surface area contributed by atoms with E-state index in [0.29, 0.717) is 6.04 Å². The third-order valence-corrected chi connectivity index (χ3v) is 5.41. The van der Waals surface area contributed by atoms with Crippen molar-refractivity contribution in [1.29, 1.82) is 0 Å². The average molecular weight is 357 g/mol. The first kappa shape index (κ1) is 18.4. The quantitative estimate of drug-likeness (QED) is 0.665. The molecular formula is C20H27N3O3. The van der Waals surface area contributed by atoms with Crippen LogP contribution in [-0.2, 0) is 9.59 Å². The molecule has 2 heterocycles. The van der Waals surface area contributed by atoms with Gasteiger partial charge in [-0.25, -0.2) is 4.79 Å². The highest BCUT2D eigenvalue weighted by atomic mass is 16.2. The highest BCUT2D eigenvalue weighted by molar-refractivity contribution is 6.31. The molecule has 1 N–H and O–H groups in total. The maximum absolute atomic E-state index is 13.0. The summed E-state index contributed by atoms with van der Waals surface area (Å²) in [6.45, 7) is 8.18. The summed E-state index contributed by atoms with van der Waals surface area (Å²) in [7, 11) is 0. The van der Waals surface area contributed by atoms with Crippen LogP contribution in [0.4, 0.5) is 4.79 Å². The van der Waals surface area contributed by atoms with E-state index in [9.17, 15) is 14.4 Å². The maximum Gasteiger partial charge on any atom is 0.331 e. The van der Waals surface area contributed by atoms with Gasteiger partial charge in [0.15, 0.2) is 0 Å². The van der Waals surface area contributed by atoms with E-state index in [1.165, 1.54) is 4.90 Å². The van der Waals surface area contributed by atoms with E-state index >= 15 is 0 Å². The fourth-order valence-electron chi connectivity index (χ4n) is 4.24. The van der Waals surface area contributed by atoms with Gasteiger partial charge < -0.3 is 4.57 Å². The lowest BCUT2D eigenvalue weighted by Crippen LogP contribution is -2.58. The van der Waals surface area contributed by atoms with Crippen LogP contribution in [0.5, 0.6) is 0 Å². The Morgan fingerprint density at radius 2 is 1.77 bits per heavy atom. The Labute approximate surface area is 154 Å².